The van der Waals surface area contributed by atoms with Gasteiger partial charge in [-0.1, -0.05) is 12.1 Å². The number of aliphatic hydroxyl groups excluding tert-OH is 1. The number of aromatic nitrogens is 2. The maximum Gasteiger partial charge on any atom is 0.367 e. The third-order valence-corrected chi connectivity index (χ3v) is 5.81. The lowest BCUT2D eigenvalue weighted by Gasteiger charge is -2.30. The number of aromatic amines is 1. The molecule has 31 heavy (non-hydrogen) atoms. The molecule has 1 unspecified atom stereocenters. The van der Waals surface area contributed by atoms with Crippen molar-refractivity contribution in [3.05, 3.63) is 62.9 Å². The molecule has 3 rings (SSSR count). The highest BCUT2D eigenvalue weighted by molar-refractivity contribution is 7.33. The summed E-state index contributed by atoms with van der Waals surface area (Å²) in [4.78, 5) is 25.3. The zero-order chi connectivity index (χ0) is 22.8. The summed E-state index contributed by atoms with van der Waals surface area (Å²) in [5.41, 5.74) is 0.425. The Labute approximate surface area is 176 Å². The molecule has 2 aromatic rings. The number of nitrogens with one attached hydrogen (secondary N) is 1. The van der Waals surface area contributed by atoms with Crippen molar-refractivity contribution < 1.29 is 33.0 Å². The summed E-state index contributed by atoms with van der Waals surface area (Å²) in [7, 11) is -3.19. The number of aliphatic hydroxyl groups is 2. The van der Waals surface area contributed by atoms with E-state index in [1.54, 1.807) is 12.1 Å². The van der Waals surface area contributed by atoms with Crippen molar-refractivity contribution in [3.63, 3.8) is 0 Å². The van der Waals surface area contributed by atoms with Gasteiger partial charge in [0.05, 0.1) is 6.61 Å². The van der Waals surface area contributed by atoms with E-state index in [0.29, 0.717) is 6.54 Å². The first-order valence-electron chi connectivity index (χ1n) is 9.22. The van der Waals surface area contributed by atoms with E-state index in [4.69, 9.17) is 19.5 Å². The first kappa shape index (κ1) is 23.3. The number of hydrogen-bond acceptors (Lipinski definition) is 9. The molecule has 0 amide bonds. The zero-order valence-corrected chi connectivity index (χ0v) is 17.5. The van der Waals surface area contributed by atoms with Crippen LogP contribution in [-0.2, 0) is 20.4 Å². The van der Waals surface area contributed by atoms with Gasteiger partial charge in [0.25, 0.3) is 5.56 Å². The van der Waals surface area contributed by atoms with Gasteiger partial charge in [0.15, 0.2) is 11.8 Å². The molecular formula is C18H23FN3O8P. The molecule has 1 aliphatic heterocycles. The van der Waals surface area contributed by atoms with Gasteiger partial charge >= 0.3 is 13.9 Å². The standard InChI is InChI=1S/C18H23FN3O8P/c1-17(26)14(24)18(9-19,29-15(17)22-7-6-13(23)21-16(22)25)10-28-31(27)30-12-4-2-11(8-20)3-5-12/h2-7,14-15,24,26,31H,8-10,20H2,1H3,(H,21,23,25)/t14-,15+,17+,18+/m0/s1. The maximum absolute atomic E-state index is 14.0. The molecule has 2 heterocycles. The van der Waals surface area contributed by atoms with Crippen LogP contribution in [0.5, 0.6) is 5.75 Å². The monoisotopic (exact) mass is 459 g/mol. The average Bonchev–Trinajstić information content (AvgIpc) is 2.94. The van der Waals surface area contributed by atoms with Gasteiger partial charge in [0.2, 0.25) is 0 Å². The van der Waals surface area contributed by atoms with Crippen molar-refractivity contribution in [3.8, 4) is 5.75 Å². The van der Waals surface area contributed by atoms with Gasteiger partial charge in [0.1, 0.15) is 24.1 Å². The minimum absolute atomic E-state index is 0.230. The molecule has 0 radical (unpaired) electrons. The Bertz CT molecular complexity index is 1060. The molecule has 1 aromatic carbocycles. The highest BCUT2D eigenvalue weighted by Gasteiger charge is 2.62. The summed E-state index contributed by atoms with van der Waals surface area (Å²) < 4.78 is 42.8. The fourth-order valence-corrected chi connectivity index (χ4v) is 4.03. The van der Waals surface area contributed by atoms with Crippen LogP contribution in [0.2, 0.25) is 0 Å². The Balaban J connectivity index is 1.76. The molecule has 0 saturated carbocycles. The number of nitrogens with zero attached hydrogens (tertiary/aromatic N) is 1. The van der Waals surface area contributed by atoms with Crippen molar-refractivity contribution >= 4 is 8.25 Å². The van der Waals surface area contributed by atoms with E-state index < -0.39 is 56.3 Å². The molecule has 11 nitrogen and oxygen atoms in total. The second-order valence-corrected chi connectivity index (χ2v) is 8.30. The van der Waals surface area contributed by atoms with Gasteiger partial charge in [0, 0.05) is 18.8 Å². The Morgan fingerprint density at radius 3 is 2.58 bits per heavy atom. The summed E-state index contributed by atoms with van der Waals surface area (Å²) in [5.74, 6) is 0.230. The third-order valence-electron chi connectivity index (χ3n) is 5.02. The lowest BCUT2D eigenvalue weighted by molar-refractivity contribution is -0.135. The van der Waals surface area contributed by atoms with Gasteiger partial charge in [-0.15, -0.1) is 0 Å². The number of benzene rings is 1. The molecule has 1 aliphatic rings. The predicted molar refractivity (Wildman–Crippen MR) is 107 cm³/mol. The normalized spacial score (nSPS) is 29.1. The van der Waals surface area contributed by atoms with Crippen LogP contribution in [0.4, 0.5) is 4.39 Å². The predicted octanol–water partition coefficient (Wildman–Crippen LogP) is -0.170. The third kappa shape index (κ3) is 4.64. The van der Waals surface area contributed by atoms with Crippen molar-refractivity contribution in [1.82, 2.24) is 9.55 Å². The minimum atomic E-state index is -3.19. The molecule has 170 valence electrons. The Morgan fingerprint density at radius 2 is 2.00 bits per heavy atom. The molecule has 5 atom stereocenters. The molecule has 5 N–H and O–H groups in total. The van der Waals surface area contributed by atoms with Crippen LogP contribution >= 0.6 is 8.25 Å². The molecule has 13 heteroatoms. The average molecular weight is 459 g/mol. The zero-order valence-electron chi connectivity index (χ0n) is 16.5. The molecule has 0 aliphatic carbocycles. The van der Waals surface area contributed by atoms with Gasteiger partial charge in [-0.25, -0.2) is 13.8 Å². The SMILES string of the molecule is C[C@@]1(O)[C@H](O)[C@@](CF)(CO[PH](=O)Oc2ccc(CN)cc2)O[C@H]1n1ccc(=O)[nH]c1=O. The van der Waals surface area contributed by atoms with E-state index in [0.717, 1.165) is 29.3 Å². The highest BCUT2D eigenvalue weighted by atomic mass is 31.1. The number of rotatable bonds is 8. The van der Waals surface area contributed by atoms with Crippen LogP contribution in [0, 0.1) is 0 Å². The number of hydrogen-bond donors (Lipinski definition) is 4. The second-order valence-electron chi connectivity index (χ2n) is 7.30. The van der Waals surface area contributed by atoms with Crippen LogP contribution < -0.4 is 21.5 Å². The topological polar surface area (TPSA) is 166 Å². The smallest absolute Gasteiger partial charge is 0.367 e. The van der Waals surface area contributed by atoms with E-state index in [2.05, 4.69) is 0 Å². The first-order valence-corrected chi connectivity index (χ1v) is 10.4. The summed E-state index contributed by atoms with van der Waals surface area (Å²) in [5, 5.41) is 21.3. The van der Waals surface area contributed by atoms with Gasteiger partial charge in [-0.3, -0.25) is 18.9 Å². The Hall–Kier alpha value is -2.34. The summed E-state index contributed by atoms with van der Waals surface area (Å²) >= 11 is 0. The van der Waals surface area contributed by atoms with Crippen LogP contribution in [0.25, 0.3) is 0 Å². The van der Waals surface area contributed by atoms with Crippen molar-refractivity contribution in [1.29, 1.82) is 0 Å². The number of ether oxygens (including phenoxy) is 1. The van der Waals surface area contributed by atoms with E-state index in [1.807, 2.05) is 4.98 Å². The molecule has 1 aromatic heterocycles. The highest BCUT2D eigenvalue weighted by Crippen LogP contribution is 2.45. The first-order chi connectivity index (χ1) is 14.6. The van der Waals surface area contributed by atoms with Gasteiger partial charge in [-0.2, -0.15) is 0 Å². The van der Waals surface area contributed by atoms with Crippen molar-refractivity contribution in [2.45, 2.75) is 37.0 Å². The van der Waals surface area contributed by atoms with Gasteiger partial charge < -0.3 is 25.2 Å². The van der Waals surface area contributed by atoms with Crippen LogP contribution in [0.3, 0.4) is 0 Å². The Morgan fingerprint density at radius 1 is 1.32 bits per heavy atom. The fraction of sp³-hybridized carbons (Fsp3) is 0.444. The van der Waals surface area contributed by atoms with Crippen LogP contribution in [0.15, 0.2) is 46.1 Å². The Kier molecular flexibility index (Phi) is 6.79. The second kappa shape index (κ2) is 9.03. The molecule has 0 spiro atoms. The van der Waals surface area contributed by atoms with E-state index >= 15 is 0 Å². The quantitative estimate of drug-likeness (QED) is 0.392. The molecule has 0 bridgehead atoms. The summed E-state index contributed by atoms with van der Waals surface area (Å²) in [6.07, 6.45) is -2.38. The lowest BCUT2D eigenvalue weighted by atomic mass is 9.88. The minimum Gasteiger partial charge on any atom is -0.426 e. The van der Waals surface area contributed by atoms with Crippen LogP contribution in [0.1, 0.15) is 18.7 Å². The molecule has 1 fully saturated rings. The van der Waals surface area contributed by atoms with E-state index in [-0.39, 0.29) is 5.75 Å². The van der Waals surface area contributed by atoms with Crippen molar-refractivity contribution in [2.75, 3.05) is 13.3 Å². The number of halogens is 1. The summed E-state index contributed by atoms with van der Waals surface area (Å²) in [6.45, 7) is -0.622. The van der Waals surface area contributed by atoms with E-state index in [1.165, 1.54) is 12.1 Å². The van der Waals surface area contributed by atoms with Gasteiger partial charge in [-0.05, 0) is 24.6 Å². The largest absolute Gasteiger partial charge is 0.426 e. The lowest BCUT2D eigenvalue weighted by Crippen LogP contribution is -2.53. The number of H-pyrrole nitrogens is 1. The molecular weight excluding hydrogens is 436 g/mol. The fourth-order valence-electron chi connectivity index (χ4n) is 3.28. The number of alkyl halides is 1. The number of nitrogens with two attached hydrogens (primary N) is 1. The van der Waals surface area contributed by atoms with E-state index in [9.17, 15) is 28.8 Å². The maximum atomic E-state index is 14.0. The van der Waals surface area contributed by atoms with Crippen LogP contribution in [-0.4, -0.2) is 50.4 Å². The summed E-state index contributed by atoms with van der Waals surface area (Å²) in [6, 6.07) is 7.40. The molecule has 1 saturated heterocycles. The van der Waals surface area contributed by atoms with Crippen molar-refractivity contribution in [2.24, 2.45) is 5.73 Å².